The van der Waals surface area contributed by atoms with E-state index in [4.69, 9.17) is 5.73 Å². The molecule has 0 aliphatic carbocycles. The Hall–Kier alpha value is -1.80. The molecule has 3 heterocycles. The number of thioether (sulfide) groups is 1. The average molecular weight is 307 g/mol. The number of aryl methyl sites for hydroxylation is 2. The molecule has 0 atom stereocenters. The fraction of sp³-hybridized carbons (Fsp3) is 0.250. The lowest BCUT2D eigenvalue weighted by molar-refractivity contribution is 0.640. The zero-order chi connectivity index (χ0) is 14.1. The van der Waals surface area contributed by atoms with Crippen LogP contribution in [0.2, 0.25) is 0 Å². The fourth-order valence-electron chi connectivity index (χ4n) is 1.88. The van der Waals surface area contributed by atoms with Crippen molar-refractivity contribution in [1.82, 2.24) is 19.2 Å². The van der Waals surface area contributed by atoms with Crippen LogP contribution >= 0.6 is 23.1 Å². The molecule has 0 bridgehead atoms. The van der Waals surface area contributed by atoms with Crippen molar-refractivity contribution in [1.29, 1.82) is 0 Å². The van der Waals surface area contributed by atoms with E-state index in [2.05, 4.69) is 10.1 Å². The van der Waals surface area contributed by atoms with Crippen molar-refractivity contribution in [3.05, 3.63) is 40.6 Å². The number of nitrogen functional groups attached to an aromatic ring is 1. The lowest BCUT2D eigenvalue weighted by Crippen LogP contribution is -2.21. The second kappa shape index (κ2) is 5.29. The van der Waals surface area contributed by atoms with E-state index in [9.17, 15) is 4.79 Å². The van der Waals surface area contributed by atoms with Crippen LogP contribution in [0.1, 0.15) is 5.69 Å². The van der Waals surface area contributed by atoms with Crippen LogP contribution in [0, 0.1) is 6.92 Å². The molecule has 0 radical (unpaired) electrons. The van der Waals surface area contributed by atoms with Crippen LogP contribution in [0.15, 0.2) is 33.4 Å². The molecule has 0 spiro atoms. The maximum atomic E-state index is 12.1. The molecule has 6 nitrogen and oxygen atoms in total. The van der Waals surface area contributed by atoms with Crippen LogP contribution in [0.4, 0.5) is 5.13 Å². The molecule has 3 rings (SSSR count). The van der Waals surface area contributed by atoms with Gasteiger partial charge in [0.25, 0.3) is 0 Å². The van der Waals surface area contributed by atoms with Gasteiger partial charge in [0.1, 0.15) is 0 Å². The minimum atomic E-state index is -0.109. The molecule has 104 valence electrons. The van der Waals surface area contributed by atoms with Crippen molar-refractivity contribution < 1.29 is 0 Å². The Labute approximate surface area is 123 Å². The number of hydrogen-bond acceptors (Lipinski definition) is 6. The number of nitrogens with zero attached hydrogens (tertiary/aromatic N) is 4. The van der Waals surface area contributed by atoms with Crippen molar-refractivity contribution >= 4 is 33.9 Å². The van der Waals surface area contributed by atoms with Gasteiger partial charge in [0.2, 0.25) is 0 Å². The number of aromatic nitrogens is 4. The number of fused-ring (bicyclic) bond motifs is 1. The highest BCUT2D eigenvalue weighted by atomic mass is 32.2. The number of anilines is 1. The van der Waals surface area contributed by atoms with E-state index >= 15 is 0 Å². The maximum absolute atomic E-state index is 12.1. The molecule has 0 unspecified atom stereocenters. The molecule has 0 aliphatic heterocycles. The summed E-state index contributed by atoms with van der Waals surface area (Å²) in [4.78, 5) is 16.2. The third-order valence-electron chi connectivity index (χ3n) is 2.80. The van der Waals surface area contributed by atoms with Gasteiger partial charge in [0.05, 0.1) is 16.4 Å². The highest BCUT2D eigenvalue weighted by Gasteiger charge is 2.08. The molecule has 0 aromatic carbocycles. The van der Waals surface area contributed by atoms with Gasteiger partial charge in [-0.25, -0.2) is 14.5 Å². The van der Waals surface area contributed by atoms with E-state index in [1.807, 2.05) is 25.1 Å². The highest BCUT2D eigenvalue weighted by Crippen LogP contribution is 2.30. The first kappa shape index (κ1) is 13.2. The van der Waals surface area contributed by atoms with Crippen molar-refractivity contribution in [3.63, 3.8) is 0 Å². The third kappa shape index (κ3) is 2.44. The van der Waals surface area contributed by atoms with Gasteiger partial charge in [0.15, 0.2) is 10.8 Å². The summed E-state index contributed by atoms with van der Waals surface area (Å²) in [7, 11) is 0. The number of pyridine rings is 1. The van der Waals surface area contributed by atoms with Crippen molar-refractivity contribution in [3.8, 4) is 0 Å². The molecule has 3 aromatic rings. The van der Waals surface area contributed by atoms with Gasteiger partial charge >= 0.3 is 5.69 Å². The van der Waals surface area contributed by atoms with Crippen LogP contribution in [0.3, 0.4) is 0 Å². The first-order valence-corrected chi connectivity index (χ1v) is 7.85. The van der Waals surface area contributed by atoms with Crippen LogP contribution in [-0.2, 0) is 6.54 Å². The third-order valence-corrected chi connectivity index (χ3v) is 5.12. The summed E-state index contributed by atoms with van der Waals surface area (Å²) in [5, 5.41) is 4.87. The van der Waals surface area contributed by atoms with E-state index in [1.165, 1.54) is 16.0 Å². The Balaban J connectivity index is 1.73. The molecule has 0 saturated heterocycles. The highest BCUT2D eigenvalue weighted by molar-refractivity contribution is 8.01. The molecule has 2 N–H and O–H groups in total. The summed E-state index contributed by atoms with van der Waals surface area (Å²) in [6.07, 6.45) is 1.72. The number of thiazole rings is 1. The minimum absolute atomic E-state index is 0.109. The molecule has 20 heavy (non-hydrogen) atoms. The summed E-state index contributed by atoms with van der Waals surface area (Å²) in [5.74, 6) is 0.756. The van der Waals surface area contributed by atoms with Crippen molar-refractivity contribution in [2.45, 2.75) is 17.7 Å². The first-order valence-electron chi connectivity index (χ1n) is 6.05. The van der Waals surface area contributed by atoms with Gasteiger partial charge in [-0.2, -0.15) is 0 Å². The van der Waals surface area contributed by atoms with Crippen LogP contribution in [0.25, 0.3) is 5.65 Å². The summed E-state index contributed by atoms with van der Waals surface area (Å²) in [6.45, 7) is 2.49. The maximum Gasteiger partial charge on any atom is 0.350 e. The predicted octanol–water partition coefficient (Wildman–Crippen LogP) is 1.64. The Morgan fingerprint density at radius 3 is 3.00 bits per heavy atom. The number of nitrogens with two attached hydrogens (primary N) is 1. The SMILES string of the molecule is Cc1nc(N)sc1SCCn1nc2ccccn2c1=O. The topological polar surface area (TPSA) is 78.2 Å². The van der Waals surface area contributed by atoms with Gasteiger partial charge in [-0.1, -0.05) is 17.4 Å². The largest absolute Gasteiger partial charge is 0.375 e. The summed E-state index contributed by atoms with van der Waals surface area (Å²) in [6, 6.07) is 5.50. The summed E-state index contributed by atoms with van der Waals surface area (Å²) in [5.41, 5.74) is 7.16. The van der Waals surface area contributed by atoms with E-state index in [0.717, 1.165) is 15.7 Å². The lowest BCUT2D eigenvalue weighted by atomic mass is 10.5. The minimum Gasteiger partial charge on any atom is -0.375 e. The van der Waals surface area contributed by atoms with Gasteiger partial charge in [0, 0.05) is 11.9 Å². The molecule has 0 saturated carbocycles. The normalized spacial score (nSPS) is 11.2. The van der Waals surface area contributed by atoms with Crippen LogP contribution in [0.5, 0.6) is 0 Å². The Bertz CT molecular complexity index is 804. The van der Waals surface area contributed by atoms with Gasteiger partial charge in [-0.05, 0) is 19.1 Å². The second-order valence-electron chi connectivity index (χ2n) is 4.21. The lowest BCUT2D eigenvalue weighted by Gasteiger charge is -1.98. The standard InChI is InChI=1S/C12H13N5OS2/c1-8-10(20-11(13)14-8)19-7-6-17-12(18)16-5-3-2-4-9(16)15-17/h2-5H,6-7H2,1H3,(H2,13,14). The van der Waals surface area contributed by atoms with Crippen LogP contribution in [-0.4, -0.2) is 24.9 Å². The smallest absolute Gasteiger partial charge is 0.350 e. The zero-order valence-electron chi connectivity index (χ0n) is 10.8. The fourth-order valence-corrected chi connectivity index (χ4v) is 3.89. The zero-order valence-corrected chi connectivity index (χ0v) is 12.4. The number of rotatable bonds is 4. The van der Waals surface area contributed by atoms with Crippen LogP contribution < -0.4 is 11.4 Å². The van der Waals surface area contributed by atoms with Gasteiger partial charge in [-0.15, -0.1) is 16.9 Å². The summed E-state index contributed by atoms with van der Waals surface area (Å²) < 4.78 is 4.13. The molecule has 3 aromatic heterocycles. The Morgan fingerprint density at radius 1 is 1.45 bits per heavy atom. The molecule has 0 amide bonds. The van der Waals surface area contributed by atoms with Crippen molar-refractivity contribution in [2.75, 3.05) is 11.5 Å². The molecule has 0 aliphatic rings. The van der Waals surface area contributed by atoms with E-state index in [-0.39, 0.29) is 5.69 Å². The predicted molar refractivity (Wildman–Crippen MR) is 81.4 cm³/mol. The quantitative estimate of drug-likeness (QED) is 0.741. The Morgan fingerprint density at radius 2 is 2.30 bits per heavy atom. The second-order valence-corrected chi connectivity index (χ2v) is 6.60. The van der Waals surface area contributed by atoms with Gasteiger partial charge < -0.3 is 5.73 Å². The molecule has 0 fully saturated rings. The average Bonchev–Trinajstić information content (AvgIpc) is 2.91. The van der Waals surface area contributed by atoms with E-state index in [1.54, 1.807) is 22.4 Å². The van der Waals surface area contributed by atoms with E-state index < -0.39 is 0 Å². The number of hydrogen-bond donors (Lipinski definition) is 1. The van der Waals surface area contributed by atoms with Gasteiger partial charge in [-0.3, -0.25) is 4.40 Å². The first-order chi connectivity index (χ1) is 9.65. The summed E-state index contributed by atoms with van der Waals surface area (Å²) >= 11 is 3.12. The Kier molecular flexibility index (Phi) is 3.49. The molecule has 8 heteroatoms. The van der Waals surface area contributed by atoms with E-state index in [0.29, 0.717) is 17.3 Å². The monoisotopic (exact) mass is 307 g/mol. The van der Waals surface area contributed by atoms with Crippen molar-refractivity contribution in [2.24, 2.45) is 0 Å². The molecular weight excluding hydrogens is 294 g/mol. The molecular formula is C12H13N5OS2.